The molecule has 0 unspecified atom stereocenters. The standard InChI is InChI=1S/C13H28N2O/c1-13(2,3)14-8-10-15(9-5-11-16)12-6-4-7-12/h12,14,16H,4-11H2,1-3H3. The molecule has 0 aliphatic heterocycles. The second-order valence-electron chi connectivity index (χ2n) is 5.87. The van der Waals surface area contributed by atoms with Gasteiger partial charge in [-0.1, -0.05) is 6.42 Å². The number of aliphatic hydroxyl groups excluding tert-OH is 1. The van der Waals surface area contributed by atoms with Gasteiger partial charge in [-0.15, -0.1) is 0 Å². The zero-order valence-electron chi connectivity index (χ0n) is 11.1. The molecule has 1 aliphatic rings. The average molecular weight is 228 g/mol. The number of aliphatic hydroxyl groups is 1. The molecule has 1 fully saturated rings. The molecule has 0 bridgehead atoms. The summed E-state index contributed by atoms with van der Waals surface area (Å²) in [5.74, 6) is 0. The lowest BCUT2D eigenvalue weighted by atomic mass is 9.91. The summed E-state index contributed by atoms with van der Waals surface area (Å²) in [5.41, 5.74) is 0.211. The minimum atomic E-state index is 0.211. The maximum atomic E-state index is 8.90. The van der Waals surface area contributed by atoms with Crippen LogP contribution >= 0.6 is 0 Å². The molecule has 0 saturated heterocycles. The molecular formula is C13H28N2O. The number of nitrogens with zero attached hydrogens (tertiary/aromatic N) is 1. The Labute approximate surface area is 100 Å². The predicted octanol–water partition coefficient (Wildman–Crippen LogP) is 1.61. The van der Waals surface area contributed by atoms with Crippen molar-refractivity contribution in [1.82, 2.24) is 10.2 Å². The van der Waals surface area contributed by atoms with E-state index < -0.39 is 0 Å². The molecule has 1 rings (SSSR count). The van der Waals surface area contributed by atoms with Crippen LogP contribution in [0.2, 0.25) is 0 Å². The summed E-state index contributed by atoms with van der Waals surface area (Å²) in [6, 6.07) is 0.785. The van der Waals surface area contributed by atoms with Gasteiger partial charge in [-0.2, -0.15) is 0 Å². The maximum Gasteiger partial charge on any atom is 0.0443 e. The van der Waals surface area contributed by atoms with E-state index in [1.54, 1.807) is 0 Å². The first-order chi connectivity index (χ1) is 7.53. The van der Waals surface area contributed by atoms with Crippen LogP contribution in [-0.2, 0) is 0 Å². The van der Waals surface area contributed by atoms with E-state index in [9.17, 15) is 0 Å². The molecule has 1 aliphatic carbocycles. The highest BCUT2D eigenvalue weighted by molar-refractivity contribution is 4.81. The Morgan fingerprint density at radius 2 is 1.94 bits per heavy atom. The summed E-state index contributed by atoms with van der Waals surface area (Å²) in [7, 11) is 0. The molecule has 3 nitrogen and oxygen atoms in total. The predicted molar refractivity (Wildman–Crippen MR) is 68.7 cm³/mol. The highest BCUT2D eigenvalue weighted by Gasteiger charge is 2.24. The first kappa shape index (κ1) is 13.9. The Bertz CT molecular complexity index is 185. The van der Waals surface area contributed by atoms with Gasteiger partial charge in [-0.25, -0.2) is 0 Å². The van der Waals surface area contributed by atoms with Crippen LogP contribution in [0.3, 0.4) is 0 Å². The molecule has 0 aromatic rings. The summed E-state index contributed by atoms with van der Waals surface area (Å²) < 4.78 is 0. The molecule has 0 atom stereocenters. The van der Waals surface area contributed by atoms with Gasteiger partial charge in [0.05, 0.1) is 0 Å². The fourth-order valence-corrected chi connectivity index (χ4v) is 2.08. The van der Waals surface area contributed by atoms with Crippen molar-refractivity contribution < 1.29 is 5.11 Å². The monoisotopic (exact) mass is 228 g/mol. The third-order valence-electron chi connectivity index (χ3n) is 3.25. The third-order valence-corrected chi connectivity index (χ3v) is 3.25. The number of hydrogen-bond acceptors (Lipinski definition) is 3. The minimum Gasteiger partial charge on any atom is -0.396 e. The second kappa shape index (κ2) is 6.58. The smallest absolute Gasteiger partial charge is 0.0443 e. The van der Waals surface area contributed by atoms with Crippen molar-refractivity contribution in [2.24, 2.45) is 0 Å². The molecular weight excluding hydrogens is 200 g/mol. The van der Waals surface area contributed by atoms with Crippen LogP contribution in [0.25, 0.3) is 0 Å². The molecule has 0 aromatic carbocycles. The van der Waals surface area contributed by atoms with Crippen molar-refractivity contribution in [1.29, 1.82) is 0 Å². The highest BCUT2D eigenvalue weighted by atomic mass is 16.3. The lowest BCUT2D eigenvalue weighted by Gasteiger charge is -2.38. The van der Waals surface area contributed by atoms with E-state index in [1.165, 1.54) is 19.3 Å². The molecule has 96 valence electrons. The van der Waals surface area contributed by atoms with Crippen molar-refractivity contribution in [3.8, 4) is 0 Å². The van der Waals surface area contributed by atoms with Gasteiger partial charge >= 0.3 is 0 Å². The lowest BCUT2D eigenvalue weighted by molar-refractivity contribution is 0.115. The van der Waals surface area contributed by atoms with Crippen molar-refractivity contribution in [3.63, 3.8) is 0 Å². The van der Waals surface area contributed by atoms with Crippen LogP contribution < -0.4 is 5.32 Å². The van der Waals surface area contributed by atoms with E-state index in [-0.39, 0.29) is 5.54 Å². The first-order valence-corrected chi connectivity index (χ1v) is 6.63. The minimum absolute atomic E-state index is 0.211. The van der Waals surface area contributed by atoms with Crippen molar-refractivity contribution in [3.05, 3.63) is 0 Å². The van der Waals surface area contributed by atoms with E-state index in [2.05, 4.69) is 31.0 Å². The fraction of sp³-hybridized carbons (Fsp3) is 1.00. The normalized spacial score (nSPS) is 17.8. The molecule has 0 heterocycles. The second-order valence-corrected chi connectivity index (χ2v) is 5.87. The van der Waals surface area contributed by atoms with Crippen LogP contribution in [0.15, 0.2) is 0 Å². The molecule has 16 heavy (non-hydrogen) atoms. The van der Waals surface area contributed by atoms with Crippen LogP contribution in [0.4, 0.5) is 0 Å². The molecule has 0 amide bonds. The first-order valence-electron chi connectivity index (χ1n) is 6.63. The Hall–Kier alpha value is -0.120. The molecule has 0 aromatic heterocycles. The Kier molecular flexibility index (Phi) is 5.73. The number of rotatable bonds is 7. The van der Waals surface area contributed by atoms with Crippen molar-refractivity contribution >= 4 is 0 Å². The van der Waals surface area contributed by atoms with E-state index in [4.69, 9.17) is 5.11 Å². The molecule has 2 N–H and O–H groups in total. The molecule has 0 radical (unpaired) electrons. The highest BCUT2D eigenvalue weighted by Crippen LogP contribution is 2.24. The van der Waals surface area contributed by atoms with Gasteiger partial charge in [0.25, 0.3) is 0 Å². The topological polar surface area (TPSA) is 35.5 Å². The van der Waals surface area contributed by atoms with Gasteiger partial charge in [0.2, 0.25) is 0 Å². The van der Waals surface area contributed by atoms with Crippen LogP contribution in [0, 0.1) is 0 Å². The van der Waals surface area contributed by atoms with Gasteiger partial charge in [0.1, 0.15) is 0 Å². The zero-order valence-corrected chi connectivity index (χ0v) is 11.1. The summed E-state index contributed by atoms with van der Waals surface area (Å²) in [5, 5.41) is 12.4. The maximum absolute atomic E-state index is 8.90. The molecule has 3 heteroatoms. The zero-order chi connectivity index (χ0) is 12.0. The third kappa shape index (κ3) is 5.28. The Morgan fingerprint density at radius 1 is 1.25 bits per heavy atom. The van der Waals surface area contributed by atoms with Crippen molar-refractivity contribution in [2.45, 2.75) is 58.0 Å². The summed E-state index contributed by atoms with van der Waals surface area (Å²) in [4.78, 5) is 2.54. The van der Waals surface area contributed by atoms with Crippen LogP contribution in [0.5, 0.6) is 0 Å². The van der Waals surface area contributed by atoms with E-state index in [0.717, 1.165) is 32.1 Å². The quantitative estimate of drug-likeness (QED) is 0.695. The van der Waals surface area contributed by atoms with Gasteiger partial charge in [-0.05, 0) is 40.0 Å². The Morgan fingerprint density at radius 3 is 2.38 bits per heavy atom. The fourth-order valence-electron chi connectivity index (χ4n) is 2.08. The molecule has 1 saturated carbocycles. The number of nitrogens with one attached hydrogen (secondary N) is 1. The molecule has 0 spiro atoms. The van der Waals surface area contributed by atoms with E-state index >= 15 is 0 Å². The number of hydrogen-bond donors (Lipinski definition) is 2. The van der Waals surface area contributed by atoms with E-state index in [0.29, 0.717) is 6.61 Å². The van der Waals surface area contributed by atoms with Crippen LogP contribution in [-0.4, -0.2) is 47.8 Å². The van der Waals surface area contributed by atoms with Gasteiger partial charge in [0, 0.05) is 37.8 Å². The van der Waals surface area contributed by atoms with Gasteiger partial charge in [-0.3, -0.25) is 4.90 Å². The largest absolute Gasteiger partial charge is 0.396 e. The SMILES string of the molecule is CC(C)(C)NCCN(CCCO)C1CCC1. The Balaban J connectivity index is 2.21. The summed E-state index contributed by atoms with van der Waals surface area (Å²) >= 11 is 0. The van der Waals surface area contributed by atoms with Gasteiger partial charge in [0.15, 0.2) is 0 Å². The van der Waals surface area contributed by atoms with Crippen LogP contribution in [0.1, 0.15) is 46.5 Å². The lowest BCUT2D eigenvalue weighted by Crippen LogP contribution is -2.47. The summed E-state index contributed by atoms with van der Waals surface area (Å²) in [6.45, 7) is 10.1. The summed E-state index contributed by atoms with van der Waals surface area (Å²) in [6.07, 6.45) is 4.99. The van der Waals surface area contributed by atoms with E-state index in [1.807, 2.05) is 0 Å². The van der Waals surface area contributed by atoms with Gasteiger partial charge < -0.3 is 10.4 Å². The average Bonchev–Trinajstić information content (AvgIpc) is 2.08. The van der Waals surface area contributed by atoms with Crippen molar-refractivity contribution in [2.75, 3.05) is 26.2 Å².